The molecule has 3 heterocycles. The number of hydrogen-bond acceptors (Lipinski definition) is 3. The van der Waals surface area contributed by atoms with E-state index in [-0.39, 0.29) is 11.8 Å². The molecule has 2 atom stereocenters. The SMILES string of the molecule is Cn1cc([C@H]2CNC[C@@H]2C(=O)N2CCC3(CCC3)C2)cn1. The molecule has 3 fully saturated rings. The summed E-state index contributed by atoms with van der Waals surface area (Å²) in [7, 11) is 1.93. The van der Waals surface area contributed by atoms with Crippen molar-refractivity contribution < 1.29 is 4.79 Å². The summed E-state index contributed by atoms with van der Waals surface area (Å²) in [6.45, 7) is 3.67. The van der Waals surface area contributed by atoms with E-state index in [9.17, 15) is 4.79 Å². The molecule has 1 aromatic heterocycles. The van der Waals surface area contributed by atoms with E-state index in [0.29, 0.717) is 11.3 Å². The molecular formula is C16H24N4O. The summed E-state index contributed by atoms with van der Waals surface area (Å²) in [5.74, 6) is 0.728. The normalized spacial score (nSPS) is 30.8. The maximum absolute atomic E-state index is 12.9. The van der Waals surface area contributed by atoms with Crippen molar-refractivity contribution in [3.8, 4) is 0 Å². The first-order chi connectivity index (χ1) is 10.2. The largest absolute Gasteiger partial charge is 0.342 e. The molecule has 2 aliphatic heterocycles. The summed E-state index contributed by atoms with van der Waals surface area (Å²) in [5, 5.41) is 7.66. The maximum atomic E-state index is 12.9. The van der Waals surface area contributed by atoms with Gasteiger partial charge in [0.15, 0.2) is 0 Å². The highest BCUT2D eigenvalue weighted by Gasteiger charge is 2.46. The van der Waals surface area contributed by atoms with E-state index in [1.807, 2.05) is 17.9 Å². The molecule has 1 aromatic rings. The quantitative estimate of drug-likeness (QED) is 0.887. The summed E-state index contributed by atoms with van der Waals surface area (Å²) in [5.41, 5.74) is 1.68. The number of carbonyl (C=O) groups excluding carboxylic acids is 1. The van der Waals surface area contributed by atoms with Gasteiger partial charge in [0.2, 0.25) is 5.91 Å². The first-order valence-electron chi connectivity index (χ1n) is 8.15. The van der Waals surface area contributed by atoms with Crippen LogP contribution in [0.5, 0.6) is 0 Å². The highest BCUT2D eigenvalue weighted by atomic mass is 16.2. The first-order valence-corrected chi connectivity index (χ1v) is 8.15. The zero-order valence-electron chi connectivity index (χ0n) is 12.7. The van der Waals surface area contributed by atoms with Crippen molar-refractivity contribution in [1.82, 2.24) is 20.0 Å². The maximum Gasteiger partial charge on any atom is 0.227 e. The summed E-state index contributed by atoms with van der Waals surface area (Å²) >= 11 is 0. The molecular weight excluding hydrogens is 264 g/mol. The summed E-state index contributed by atoms with van der Waals surface area (Å²) in [4.78, 5) is 15.1. The molecule has 0 unspecified atom stereocenters. The third-order valence-electron chi connectivity index (χ3n) is 5.85. The second-order valence-electron chi connectivity index (χ2n) is 7.18. The number of amides is 1. The lowest BCUT2D eigenvalue weighted by Gasteiger charge is -2.38. The van der Waals surface area contributed by atoms with E-state index in [1.54, 1.807) is 0 Å². The Morgan fingerprint density at radius 2 is 2.24 bits per heavy atom. The van der Waals surface area contributed by atoms with Gasteiger partial charge in [-0.1, -0.05) is 6.42 Å². The van der Waals surface area contributed by atoms with Crippen molar-refractivity contribution in [2.45, 2.75) is 31.6 Å². The van der Waals surface area contributed by atoms with E-state index in [4.69, 9.17) is 0 Å². The second kappa shape index (κ2) is 4.83. The summed E-state index contributed by atoms with van der Waals surface area (Å²) in [6.07, 6.45) is 9.18. The summed E-state index contributed by atoms with van der Waals surface area (Å²) < 4.78 is 1.83. The van der Waals surface area contributed by atoms with Crippen molar-refractivity contribution in [3.05, 3.63) is 18.0 Å². The van der Waals surface area contributed by atoms with Crippen LogP contribution in [-0.2, 0) is 11.8 Å². The fourth-order valence-electron chi connectivity index (χ4n) is 4.36. The van der Waals surface area contributed by atoms with Crippen molar-refractivity contribution >= 4 is 5.91 Å². The smallest absolute Gasteiger partial charge is 0.227 e. The molecule has 1 N–H and O–H groups in total. The van der Waals surface area contributed by atoms with Crippen LogP contribution in [0.3, 0.4) is 0 Å². The number of hydrogen-bond donors (Lipinski definition) is 1. The van der Waals surface area contributed by atoms with Gasteiger partial charge in [0.25, 0.3) is 0 Å². The number of carbonyl (C=O) groups is 1. The third-order valence-corrected chi connectivity index (χ3v) is 5.85. The molecule has 3 aliphatic rings. The van der Waals surface area contributed by atoms with E-state index in [0.717, 1.165) is 26.2 Å². The van der Waals surface area contributed by atoms with E-state index in [1.165, 1.54) is 31.2 Å². The van der Waals surface area contributed by atoms with Gasteiger partial charge in [0, 0.05) is 45.3 Å². The molecule has 5 nitrogen and oxygen atoms in total. The van der Waals surface area contributed by atoms with Gasteiger partial charge in [0.1, 0.15) is 0 Å². The first kappa shape index (κ1) is 13.3. The molecule has 2 saturated heterocycles. The highest BCUT2D eigenvalue weighted by Crippen LogP contribution is 2.48. The molecule has 0 aromatic carbocycles. The van der Waals surface area contributed by atoms with Crippen LogP contribution in [-0.4, -0.2) is 46.8 Å². The van der Waals surface area contributed by atoms with Crippen LogP contribution in [0, 0.1) is 11.3 Å². The van der Waals surface area contributed by atoms with E-state index in [2.05, 4.69) is 21.5 Å². The van der Waals surface area contributed by atoms with Crippen LogP contribution in [0.15, 0.2) is 12.4 Å². The average Bonchev–Trinajstić information content (AvgIpc) is 3.15. The fraction of sp³-hybridized carbons (Fsp3) is 0.750. The molecule has 21 heavy (non-hydrogen) atoms. The van der Waals surface area contributed by atoms with Gasteiger partial charge < -0.3 is 10.2 Å². The van der Waals surface area contributed by atoms with Crippen molar-refractivity contribution in [2.24, 2.45) is 18.4 Å². The Kier molecular flexibility index (Phi) is 3.06. The molecule has 1 saturated carbocycles. The molecule has 114 valence electrons. The van der Waals surface area contributed by atoms with Gasteiger partial charge in [-0.05, 0) is 30.2 Å². The van der Waals surface area contributed by atoms with Crippen LogP contribution >= 0.6 is 0 Å². The number of aromatic nitrogens is 2. The number of nitrogens with zero attached hydrogens (tertiary/aromatic N) is 3. The van der Waals surface area contributed by atoms with Gasteiger partial charge in [0.05, 0.1) is 12.1 Å². The lowest BCUT2D eigenvalue weighted by molar-refractivity contribution is -0.135. The molecule has 0 bridgehead atoms. The minimum absolute atomic E-state index is 0.0874. The van der Waals surface area contributed by atoms with Crippen molar-refractivity contribution in [2.75, 3.05) is 26.2 Å². The van der Waals surface area contributed by atoms with Gasteiger partial charge >= 0.3 is 0 Å². The topological polar surface area (TPSA) is 50.2 Å². The van der Waals surface area contributed by atoms with Crippen LogP contribution in [0.25, 0.3) is 0 Å². The van der Waals surface area contributed by atoms with Crippen molar-refractivity contribution in [3.63, 3.8) is 0 Å². The minimum Gasteiger partial charge on any atom is -0.342 e. The van der Waals surface area contributed by atoms with Crippen LogP contribution in [0.1, 0.15) is 37.2 Å². The molecule has 4 rings (SSSR count). The fourth-order valence-corrected chi connectivity index (χ4v) is 4.36. The van der Waals surface area contributed by atoms with Gasteiger partial charge in [-0.25, -0.2) is 0 Å². The van der Waals surface area contributed by atoms with Crippen LogP contribution < -0.4 is 5.32 Å². The Hall–Kier alpha value is -1.36. The Morgan fingerprint density at radius 1 is 1.38 bits per heavy atom. The van der Waals surface area contributed by atoms with Crippen molar-refractivity contribution in [1.29, 1.82) is 0 Å². The number of rotatable bonds is 2. The Labute approximate surface area is 125 Å². The minimum atomic E-state index is 0.0874. The number of likely N-dealkylation sites (tertiary alicyclic amines) is 1. The number of nitrogens with one attached hydrogen (secondary N) is 1. The average molecular weight is 288 g/mol. The lowest BCUT2D eigenvalue weighted by Crippen LogP contribution is -2.40. The highest BCUT2D eigenvalue weighted by molar-refractivity contribution is 5.81. The molecule has 1 aliphatic carbocycles. The number of aryl methyl sites for hydroxylation is 1. The van der Waals surface area contributed by atoms with Gasteiger partial charge in [-0.15, -0.1) is 0 Å². The zero-order chi connectivity index (χ0) is 14.4. The predicted octanol–water partition coefficient (Wildman–Crippen LogP) is 1.13. The predicted molar refractivity (Wildman–Crippen MR) is 79.8 cm³/mol. The van der Waals surface area contributed by atoms with Crippen LogP contribution in [0.4, 0.5) is 0 Å². The second-order valence-corrected chi connectivity index (χ2v) is 7.18. The molecule has 0 radical (unpaired) electrons. The Balaban J connectivity index is 1.48. The lowest BCUT2D eigenvalue weighted by atomic mass is 9.68. The molecule has 1 spiro atoms. The Bertz CT molecular complexity index is 548. The molecule has 5 heteroatoms. The summed E-state index contributed by atoms with van der Waals surface area (Å²) in [6, 6.07) is 0. The standard InChI is InChI=1S/C16H24N4O/c1-19-10-12(7-18-19)13-8-17-9-14(13)15(21)20-6-5-16(11-20)3-2-4-16/h7,10,13-14,17H,2-6,8-9,11H2,1H3/t13-,14+/m1/s1. The van der Waals surface area contributed by atoms with Gasteiger partial charge in [-0.3, -0.25) is 9.48 Å². The van der Waals surface area contributed by atoms with Crippen LogP contribution in [0.2, 0.25) is 0 Å². The monoisotopic (exact) mass is 288 g/mol. The van der Waals surface area contributed by atoms with E-state index >= 15 is 0 Å². The Morgan fingerprint density at radius 3 is 2.86 bits per heavy atom. The third kappa shape index (κ3) is 2.18. The van der Waals surface area contributed by atoms with E-state index < -0.39 is 0 Å². The molecule has 1 amide bonds. The van der Waals surface area contributed by atoms with Gasteiger partial charge in [-0.2, -0.15) is 5.10 Å². The zero-order valence-corrected chi connectivity index (χ0v) is 12.7.